The molecule has 0 heterocycles. The van der Waals surface area contributed by atoms with Crippen molar-refractivity contribution in [2.45, 2.75) is 68.9 Å². The molecule has 0 aromatic rings. The van der Waals surface area contributed by atoms with Gasteiger partial charge in [0.25, 0.3) is 0 Å². The van der Waals surface area contributed by atoms with Crippen LogP contribution in [0.4, 0.5) is 0 Å². The Morgan fingerprint density at radius 1 is 0.929 bits per heavy atom. The zero-order valence-corrected chi connectivity index (χ0v) is 16.4. The number of carbonyl (C=O) groups is 4. The van der Waals surface area contributed by atoms with Crippen LogP contribution in [0.5, 0.6) is 0 Å². The fourth-order valence-corrected chi connectivity index (χ4v) is 2.79. The monoisotopic (exact) mass is 391 g/mol. The summed E-state index contributed by atoms with van der Waals surface area (Å²) in [6.07, 6.45) is 7.47. The molecule has 0 atom stereocenters. The maximum absolute atomic E-state index is 11.6. The molecule has 28 heavy (non-hydrogen) atoms. The molecule has 0 saturated heterocycles. The Morgan fingerprint density at radius 3 is 2.18 bits per heavy atom. The van der Waals surface area contributed by atoms with E-state index in [0.717, 1.165) is 38.5 Å². The summed E-state index contributed by atoms with van der Waals surface area (Å²) in [6, 6.07) is 2.07. The van der Waals surface area contributed by atoms with Crippen molar-refractivity contribution < 1.29 is 24.5 Å². The first-order chi connectivity index (χ1) is 13.6. The molecule has 0 saturated carbocycles. The number of unbranched alkanes of at least 4 members (excludes halogenated alkanes) is 5. The first-order valence-electron chi connectivity index (χ1n) is 9.72. The average Bonchev–Trinajstić information content (AvgIpc) is 2.74. The van der Waals surface area contributed by atoms with E-state index in [-0.39, 0.29) is 12.8 Å². The lowest BCUT2D eigenvalue weighted by Crippen LogP contribution is -2.98. The summed E-state index contributed by atoms with van der Waals surface area (Å²) in [5.74, 6) is 0. The van der Waals surface area contributed by atoms with Gasteiger partial charge in [-0.15, -0.1) is 0 Å². The highest BCUT2D eigenvalue weighted by Crippen LogP contribution is 2.13. The van der Waals surface area contributed by atoms with Crippen LogP contribution in [0.2, 0.25) is 0 Å². The van der Waals surface area contributed by atoms with E-state index in [1.54, 1.807) is 5.32 Å². The third-order valence-corrected chi connectivity index (χ3v) is 4.75. The molecule has 8 nitrogen and oxygen atoms in total. The lowest BCUT2D eigenvalue weighted by atomic mass is 9.87. The van der Waals surface area contributed by atoms with Crippen molar-refractivity contribution in [2.24, 2.45) is 0 Å². The number of quaternary nitrogens is 1. The SMILES string of the molecule is [C-]#[N+]CCCCCNC(C=O)(C=O)CCC(C=O)(C=O)[NH2+]CCCCCC#N. The molecule has 0 spiro atoms. The van der Waals surface area contributed by atoms with E-state index in [2.05, 4.69) is 16.2 Å². The summed E-state index contributed by atoms with van der Waals surface area (Å²) < 4.78 is 0. The van der Waals surface area contributed by atoms with Gasteiger partial charge in [0.15, 0.2) is 12.6 Å². The maximum Gasteiger partial charge on any atom is 0.214 e. The lowest BCUT2D eigenvalue weighted by molar-refractivity contribution is -0.696. The van der Waals surface area contributed by atoms with Gasteiger partial charge < -0.3 is 19.8 Å². The molecule has 0 fully saturated rings. The third kappa shape index (κ3) is 10.1. The Morgan fingerprint density at radius 2 is 1.61 bits per heavy atom. The van der Waals surface area contributed by atoms with Gasteiger partial charge in [-0.2, -0.15) is 5.26 Å². The van der Waals surface area contributed by atoms with Gasteiger partial charge in [-0.05, 0) is 45.1 Å². The summed E-state index contributed by atoms with van der Waals surface area (Å²) in [6.45, 7) is 8.17. The lowest BCUT2D eigenvalue weighted by Gasteiger charge is -2.27. The van der Waals surface area contributed by atoms with Gasteiger partial charge in [-0.1, -0.05) is 0 Å². The molecule has 0 bridgehead atoms. The van der Waals surface area contributed by atoms with Crippen LogP contribution in [-0.2, 0) is 19.2 Å². The van der Waals surface area contributed by atoms with Crippen LogP contribution >= 0.6 is 0 Å². The Labute approximate surface area is 166 Å². The molecule has 0 aliphatic carbocycles. The molecule has 3 N–H and O–H groups in total. The minimum atomic E-state index is -1.42. The molecule has 0 aliphatic heterocycles. The molecular formula is C20H31N4O4+. The highest BCUT2D eigenvalue weighted by molar-refractivity contribution is 5.90. The largest absolute Gasteiger partial charge is 0.329 e. The molecule has 0 aromatic carbocycles. The standard InChI is InChI=1S/C20H30N4O4/c1-22-12-6-4-8-14-24-20(17-27,18-28)10-9-19(15-25,16-26)23-13-7-3-2-5-11-21/h15-18,23-24H,2-10,12-14H2/p+1. The molecule has 154 valence electrons. The van der Waals surface area contributed by atoms with Gasteiger partial charge >= 0.3 is 0 Å². The second-order valence-corrected chi connectivity index (χ2v) is 6.95. The second-order valence-electron chi connectivity index (χ2n) is 6.95. The van der Waals surface area contributed by atoms with E-state index in [9.17, 15) is 19.2 Å². The van der Waals surface area contributed by atoms with E-state index in [1.807, 2.05) is 0 Å². The van der Waals surface area contributed by atoms with Crippen molar-refractivity contribution in [2.75, 3.05) is 19.6 Å². The minimum Gasteiger partial charge on any atom is -0.329 e. The van der Waals surface area contributed by atoms with Crippen LogP contribution < -0.4 is 10.6 Å². The van der Waals surface area contributed by atoms with Crippen LogP contribution in [0.1, 0.15) is 57.8 Å². The summed E-state index contributed by atoms with van der Waals surface area (Å²) >= 11 is 0. The fraction of sp³-hybridized carbons (Fsp3) is 0.700. The summed E-state index contributed by atoms with van der Waals surface area (Å²) in [5.41, 5.74) is -2.73. The zero-order chi connectivity index (χ0) is 21.1. The fourth-order valence-electron chi connectivity index (χ4n) is 2.79. The normalized spacial score (nSPS) is 11.2. The van der Waals surface area contributed by atoms with E-state index in [4.69, 9.17) is 11.8 Å². The third-order valence-electron chi connectivity index (χ3n) is 4.75. The molecule has 0 aromatic heterocycles. The first-order valence-corrected chi connectivity index (χ1v) is 9.72. The molecule has 0 aliphatic rings. The number of hydrogen-bond acceptors (Lipinski definition) is 6. The van der Waals surface area contributed by atoms with Crippen molar-refractivity contribution >= 4 is 25.1 Å². The van der Waals surface area contributed by atoms with Crippen molar-refractivity contribution in [3.63, 3.8) is 0 Å². The van der Waals surface area contributed by atoms with Gasteiger partial charge in [-0.3, -0.25) is 14.9 Å². The predicted octanol–water partition coefficient (Wildman–Crippen LogP) is 0.366. The molecule has 0 radical (unpaired) electrons. The molecule has 0 unspecified atom stereocenters. The average molecular weight is 391 g/mol. The van der Waals surface area contributed by atoms with Crippen molar-refractivity contribution in [1.82, 2.24) is 5.32 Å². The maximum atomic E-state index is 11.6. The number of nitriles is 1. The van der Waals surface area contributed by atoms with Gasteiger partial charge in [0.1, 0.15) is 18.1 Å². The molecule has 0 rings (SSSR count). The number of aldehydes is 4. The number of carbonyl (C=O) groups excluding carboxylic acids is 4. The smallest absolute Gasteiger partial charge is 0.214 e. The second kappa shape index (κ2) is 15.6. The van der Waals surface area contributed by atoms with E-state index in [1.165, 1.54) is 0 Å². The van der Waals surface area contributed by atoms with E-state index in [0.29, 0.717) is 51.2 Å². The van der Waals surface area contributed by atoms with E-state index >= 15 is 0 Å². The quantitative estimate of drug-likeness (QED) is 0.142. The van der Waals surface area contributed by atoms with Crippen molar-refractivity contribution in [3.05, 3.63) is 11.4 Å². The Kier molecular flexibility index (Phi) is 14.3. The van der Waals surface area contributed by atoms with Crippen LogP contribution in [0.3, 0.4) is 0 Å². The minimum absolute atomic E-state index is 0.0461. The molecule has 8 heteroatoms. The highest BCUT2D eigenvalue weighted by Gasteiger charge is 2.38. The van der Waals surface area contributed by atoms with Gasteiger partial charge in [0, 0.05) is 19.3 Å². The van der Waals surface area contributed by atoms with Crippen molar-refractivity contribution in [1.29, 1.82) is 5.26 Å². The predicted molar refractivity (Wildman–Crippen MR) is 103 cm³/mol. The molecule has 0 amide bonds. The zero-order valence-electron chi connectivity index (χ0n) is 16.4. The van der Waals surface area contributed by atoms with Gasteiger partial charge in [0.05, 0.1) is 12.6 Å². The van der Waals surface area contributed by atoms with Gasteiger partial charge in [0.2, 0.25) is 12.1 Å². The number of nitrogens with one attached hydrogen (secondary N) is 1. The number of hydrogen-bond donors (Lipinski definition) is 2. The molecular weight excluding hydrogens is 360 g/mol. The van der Waals surface area contributed by atoms with E-state index < -0.39 is 11.1 Å². The highest BCUT2D eigenvalue weighted by atomic mass is 16.1. The Hall–Kier alpha value is -2.42. The van der Waals surface area contributed by atoms with Crippen LogP contribution in [0, 0.1) is 17.9 Å². The summed E-state index contributed by atoms with van der Waals surface area (Å²) in [5, 5.41) is 13.1. The summed E-state index contributed by atoms with van der Waals surface area (Å²) in [7, 11) is 0. The van der Waals surface area contributed by atoms with Crippen LogP contribution in [0.15, 0.2) is 0 Å². The Bertz CT molecular complexity index is 500. The van der Waals surface area contributed by atoms with Crippen molar-refractivity contribution in [3.8, 4) is 6.07 Å². The Balaban J connectivity index is 4.61. The number of rotatable bonds is 19. The topological polar surface area (TPSA) is 125 Å². The summed E-state index contributed by atoms with van der Waals surface area (Å²) in [4.78, 5) is 49.4. The number of nitrogens with two attached hydrogens (primary N) is 1. The number of nitrogens with zero attached hydrogens (tertiary/aromatic N) is 2. The first kappa shape index (κ1) is 25.6. The van der Waals surface area contributed by atoms with Gasteiger partial charge in [-0.25, -0.2) is 6.57 Å². The van der Waals surface area contributed by atoms with Crippen LogP contribution in [0.25, 0.3) is 4.85 Å². The van der Waals surface area contributed by atoms with Crippen LogP contribution in [-0.4, -0.2) is 55.9 Å².